The number of benzene rings is 1. The fourth-order valence-electron chi connectivity index (χ4n) is 1.45. The molecule has 1 aliphatic rings. The maximum atomic E-state index is 12.5. The Kier molecular flexibility index (Phi) is 2.67. The van der Waals surface area contributed by atoms with Gasteiger partial charge in [0.2, 0.25) is 0 Å². The van der Waals surface area contributed by atoms with Crippen molar-refractivity contribution >= 4 is 19.5 Å². The van der Waals surface area contributed by atoms with Crippen LogP contribution in [0.4, 0.5) is 0 Å². The summed E-state index contributed by atoms with van der Waals surface area (Å²) in [7, 11) is -1.05. The van der Waals surface area contributed by atoms with Gasteiger partial charge < -0.3 is 4.52 Å². The van der Waals surface area contributed by atoms with E-state index in [1.54, 1.807) is 30.3 Å². The molecule has 1 aromatic carbocycles. The second-order valence-corrected chi connectivity index (χ2v) is 5.92. The van der Waals surface area contributed by atoms with Gasteiger partial charge in [-0.3, -0.25) is 9.59 Å². The quantitative estimate of drug-likeness (QED) is 0.585. The van der Waals surface area contributed by atoms with Gasteiger partial charge in [-0.15, -0.1) is 0 Å². The molecule has 6 nitrogen and oxygen atoms in total. The minimum atomic E-state index is -3.62. The van der Waals surface area contributed by atoms with Gasteiger partial charge in [0.25, 0.3) is 0 Å². The molecule has 7 heteroatoms. The van der Waals surface area contributed by atoms with Crippen molar-refractivity contribution < 1.29 is 18.7 Å². The Morgan fingerprint density at radius 3 is 1.94 bits per heavy atom. The molecule has 1 saturated heterocycles. The van der Waals surface area contributed by atoms with Crippen molar-refractivity contribution in [3.8, 4) is 5.75 Å². The molecule has 1 aliphatic heterocycles. The molecular weight excluding hydrogens is 243 g/mol. The van der Waals surface area contributed by atoms with Crippen LogP contribution in [0.25, 0.3) is 0 Å². The highest BCUT2D eigenvalue weighted by Crippen LogP contribution is 2.56. The lowest BCUT2D eigenvalue weighted by Gasteiger charge is -2.23. The average Bonchev–Trinajstić information content (AvgIpc) is 2.47. The van der Waals surface area contributed by atoms with E-state index in [0.717, 1.165) is 9.34 Å². The largest absolute Gasteiger partial charge is 0.454 e. The van der Waals surface area contributed by atoms with Gasteiger partial charge in [0, 0.05) is 14.1 Å². The summed E-state index contributed by atoms with van der Waals surface area (Å²) in [6.45, 7) is 0. The van der Waals surface area contributed by atoms with Crippen molar-refractivity contribution in [2.24, 2.45) is 0 Å². The van der Waals surface area contributed by atoms with Crippen molar-refractivity contribution in [1.82, 2.24) is 9.34 Å². The third kappa shape index (κ3) is 1.70. The van der Waals surface area contributed by atoms with Crippen molar-refractivity contribution in [1.29, 1.82) is 0 Å². The summed E-state index contributed by atoms with van der Waals surface area (Å²) in [5.41, 5.74) is 0. The molecule has 0 N–H and O–H groups in total. The summed E-state index contributed by atoms with van der Waals surface area (Å²) in [6.07, 6.45) is 0. The van der Waals surface area contributed by atoms with Crippen LogP contribution in [0.15, 0.2) is 30.3 Å². The predicted molar refractivity (Wildman–Crippen MR) is 60.2 cm³/mol. The molecule has 90 valence electrons. The molecule has 0 saturated carbocycles. The molecule has 2 rings (SSSR count). The van der Waals surface area contributed by atoms with E-state index in [1.165, 1.54) is 14.1 Å². The Labute approximate surface area is 98.3 Å². The highest BCUT2D eigenvalue weighted by atomic mass is 31.2. The average molecular weight is 254 g/mol. The van der Waals surface area contributed by atoms with Crippen LogP contribution in [0.3, 0.4) is 0 Å². The Balaban J connectivity index is 2.34. The zero-order valence-electron chi connectivity index (χ0n) is 9.36. The lowest BCUT2D eigenvalue weighted by Crippen LogP contribution is -2.23. The summed E-state index contributed by atoms with van der Waals surface area (Å²) in [5, 5.41) is 0. The SMILES string of the molecule is CN1C(=O)C(=O)N(C)P1(=O)Oc1ccccc1. The van der Waals surface area contributed by atoms with Gasteiger partial charge >= 0.3 is 19.5 Å². The van der Waals surface area contributed by atoms with Crippen LogP contribution in [0, 0.1) is 0 Å². The first-order valence-electron chi connectivity index (χ1n) is 4.88. The number of para-hydroxylation sites is 1. The minimum absolute atomic E-state index is 0.344. The molecule has 0 aromatic heterocycles. The molecule has 0 atom stereocenters. The van der Waals surface area contributed by atoms with Crippen LogP contribution in [-0.2, 0) is 14.2 Å². The molecule has 1 aromatic rings. The summed E-state index contributed by atoms with van der Waals surface area (Å²) in [6, 6.07) is 8.41. The Morgan fingerprint density at radius 1 is 1.00 bits per heavy atom. The fraction of sp³-hybridized carbons (Fsp3) is 0.200. The lowest BCUT2D eigenvalue weighted by molar-refractivity contribution is -0.142. The van der Waals surface area contributed by atoms with Gasteiger partial charge in [0.15, 0.2) is 0 Å². The van der Waals surface area contributed by atoms with Gasteiger partial charge in [-0.1, -0.05) is 18.2 Å². The number of hydrogen-bond donors (Lipinski definition) is 0. The van der Waals surface area contributed by atoms with Crippen molar-refractivity contribution in [2.45, 2.75) is 0 Å². The van der Waals surface area contributed by atoms with E-state index in [1.807, 2.05) is 0 Å². The van der Waals surface area contributed by atoms with E-state index in [9.17, 15) is 14.2 Å². The van der Waals surface area contributed by atoms with Gasteiger partial charge in [0.1, 0.15) is 5.75 Å². The van der Waals surface area contributed by atoms with Gasteiger partial charge in [-0.05, 0) is 12.1 Å². The van der Waals surface area contributed by atoms with Crippen LogP contribution < -0.4 is 4.52 Å². The van der Waals surface area contributed by atoms with E-state index >= 15 is 0 Å². The van der Waals surface area contributed by atoms with Crippen LogP contribution >= 0.6 is 7.67 Å². The summed E-state index contributed by atoms with van der Waals surface area (Å²) < 4.78 is 19.4. The first kappa shape index (κ1) is 11.7. The highest BCUT2D eigenvalue weighted by molar-refractivity contribution is 7.57. The van der Waals surface area contributed by atoms with Crippen LogP contribution in [0.5, 0.6) is 5.75 Å². The smallest absolute Gasteiger partial charge is 0.414 e. The monoisotopic (exact) mass is 254 g/mol. The van der Waals surface area contributed by atoms with Crippen molar-refractivity contribution in [2.75, 3.05) is 14.1 Å². The van der Waals surface area contributed by atoms with Crippen LogP contribution in [0.2, 0.25) is 0 Å². The van der Waals surface area contributed by atoms with Gasteiger partial charge in [-0.25, -0.2) is 13.9 Å². The number of nitrogens with zero attached hydrogens (tertiary/aromatic N) is 2. The lowest BCUT2D eigenvalue weighted by atomic mass is 10.3. The molecule has 0 aliphatic carbocycles. The maximum Gasteiger partial charge on any atom is 0.454 e. The molecule has 17 heavy (non-hydrogen) atoms. The molecule has 0 radical (unpaired) electrons. The number of hydrogen-bond acceptors (Lipinski definition) is 4. The Morgan fingerprint density at radius 2 is 1.47 bits per heavy atom. The van der Waals surface area contributed by atoms with Crippen LogP contribution in [-0.4, -0.2) is 35.3 Å². The third-order valence-electron chi connectivity index (χ3n) is 2.50. The standard InChI is InChI=1S/C10H11N2O4P/c1-11-9(13)10(14)12(2)17(11,15)16-8-6-4-3-5-7-8/h3-7H,1-2H3. The molecule has 0 spiro atoms. The number of rotatable bonds is 2. The third-order valence-corrected chi connectivity index (χ3v) is 4.82. The number of amides is 2. The van der Waals surface area contributed by atoms with Crippen molar-refractivity contribution in [3.05, 3.63) is 30.3 Å². The predicted octanol–water partition coefficient (Wildman–Crippen LogP) is 1.10. The van der Waals surface area contributed by atoms with E-state index in [-0.39, 0.29) is 0 Å². The first-order valence-corrected chi connectivity index (χ1v) is 6.41. The van der Waals surface area contributed by atoms with Crippen molar-refractivity contribution in [3.63, 3.8) is 0 Å². The molecule has 0 unspecified atom stereocenters. The maximum absolute atomic E-state index is 12.5. The minimum Gasteiger partial charge on any atom is -0.414 e. The fourth-order valence-corrected chi connectivity index (χ4v) is 3.12. The number of carbonyl (C=O) groups excluding carboxylic acids is 2. The van der Waals surface area contributed by atoms with Gasteiger partial charge in [0.05, 0.1) is 0 Å². The van der Waals surface area contributed by atoms with E-state index in [0.29, 0.717) is 5.75 Å². The number of carbonyl (C=O) groups is 2. The molecule has 1 fully saturated rings. The topological polar surface area (TPSA) is 66.9 Å². The van der Waals surface area contributed by atoms with E-state index in [2.05, 4.69) is 0 Å². The zero-order valence-corrected chi connectivity index (χ0v) is 10.3. The zero-order chi connectivity index (χ0) is 12.6. The van der Waals surface area contributed by atoms with Crippen LogP contribution in [0.1, 0.15) is 0 Å². The normalized spacial score (nSPS) is 18.7. The molecule has 1 heterocycles. The molecule has 2 amide bonds. The summed E-state index contributed by atoms with van der Waals surface area (Å²) >= 11 is 0. The second-order valence-electron chi connectivity index (χ2n) is 3.55. The number of likely N-dealkylation sites (N-methyl/N-ethyl adjacent to an activating group) is 2. The summed E-state index contributed by atoms with van der Waals surface area (Å²) in [4.78, 5) is 22.8. The molecule has 0 bridgehead atoms. The Bertz CT molecular complexity index is 492. The second kappa shape index (κ2) is 3.89. The van der Waals surface area contributed by atoms with Gasteiger partial charge in [-0.2, -0.15) is 0 Å². The Hall–Kier alpha value is -1.81. The highest BCUT2D eigenvalue weighted by Gasteiger charge is 2.52. The summed E-state index contributed by atoms with van der Waals surface area (Å²) in [5.74, 6) is -1.31. The van der Waals surface area contributed by atoms with E-state index in [4.69, 9.17) is 4.52 Å². The first-order chi connectivity index (χ1) is 7.97. The molecular formula is C10H11N2O4P. The van der Waals surface area contributed by atoms with E-state index < -0.39 is 19.5 Å².